The number of hydrogen-bond donors (Lipinski definition) is 2. The van der Waals surface area contributed by atoms with E-state index in [1.807, 2.05) is 43.3 Å². The topological polar surface area (TPSA) is 97.6 Å². The Hall–Kier alpha value is -4.85. The number of pyridine rings is 2. The molecule has 0 radical (unpaired) electrons. The molecule has 35 heavy (non-hydrogen) atoms. The number of carbonyl (C=O) groups excluding carboxylic acids is 1. The minimum Gasteiger partial charge on any atom is -0.328 e. The minimum atomic E-state index is -0.484. The summed E-state index contributed by atoms with van der Waals surface area (Å²) in [4.78, 5) is 26.6. The van der Waals surface area contributed by atoms with Gasteiger partial charge >= 0.3 is 0 Å². The Morgan fingerprint density at radius 1 is 0.943 bits per heavy atom. The molecule has 5 aromatic rings. The summed E-state index contributed by atoms with van der Waals surface area (Å²) in [6.07, 6.45) is 6.71. The van der Waals surface area contributed by atoms with Crippen molar-refractivity contribution in [1.29, 1.82) is 0 Å². The minimum absolute atomic E-state index is 0.238. The Morgan fingerprint density at radius 3 is 2.60 bits per heavy atom. The SMILES string of the molecule is CC1=C(C(=O)Nc2cccnc2)C(c2ccncc2)n2nc(-c3cccc4ccccc34)nc2N1. The zero-order valence-electron chi connectivity index (χ0n) is 18.9. The smallest absolute Gasteiger partial charge is 0.255 e. The van der Waals surface area contributed by atoms with Gasteiger partial charge in [-0.1, -0.05) is 42.5 Å². The number of allylic oxidation sites excluding steroid dienone is 1. The van der Waals surface area contributed by atoms with Crippen LogP contribution in [-0.4, -0.2) is 30.6 Å². The number of anilines is 2. The van der Waals surface area contributed by atoms with Gasteiger partial charge in [-0.25, -0.2) is 4.68 Å². The van der Waals surface area contributed by atoms with Gasteiger partial charge in [0.15, 0.2) is 5.82 Å². The molecule has 1 atom stereocenters. The van der Waals surface area contributed by atoms with E-state index < -0.39 is 6.04 Å². The fourth-order valence-corrected chi connectivity index (χ4v) is 4.47. The van der Waals surface area contributed by atoms with Crippen molar-refractivity contribution in [1.82, 2.24) is 24.7 Å². The van der Waals surface area contributed by atoms with Crippen LogP contribution in [0.25, 0.3) is 22.2 Å². The normalized spacial score (nSPS) is 14.9. The van der Waals surface area contributed by atoms with Crippen LogP contribution in [0.15, 0.2) is 103 Å². The highest BCUT2D eigenvalue weighted by atomic mass is 16.1. The second-order valence-corrected chi connectivity index (χ2v) is 8.27. The van der Waals surface area contributed by atoms with Crippen LogP contribution in [0.3, 0.4) is 0 Å². The molecule has 6 rings (SSSR count). The maximum Gasteiger partial charge on any atom is 0.255 e. The number of benzene rings is 2. The number of aromatic nitrogens is 5. The maximum atomic E-state index is 13.5. The molecule has 3 aromatic heterocycles. The summed E-state index contributed by atoms with van der Waals surface area (Å²) >= 11 is 0. The van der Waals surface area contributed by atoms with Gasteiger partial charge in [-0.2, -0.15) is 4.98 Å². The van der Waals surface area contributed by atoms with Gasteiger partial charge in [-0.3, -0.25) is 14.8 Å². The van der Waals surface area contributed by atoms with Crippen molar-refractivity contribution in [3.8, 4) is 11.4 Å². The van der Waals surface area contributed by atoms with Crippen LogP contribution in [0.4, 0.5) is 11.6 Å². The second kappa shape index (κ2) is 8.49. The van der Waals surface area contributed by atoms with Crippen LogP contribution in [0, 0.1) is 0 Å². The van der Waals surface area contributed by atoms with Crippen LogP contribution in [0.1, 0.15) is 18.5 Å². The van der Waals surface area contributed by atoms with E-state index in [4.69, 9.17) is 10.1 Å². The molecule has 1 aliphatic rings. The van der Waals surface area contributed by atoms with Gasteiger partial charge in [0.05, 0.1) is 17.5 Å². The van der Waals surface area contributed by atoms with Crippen LogP contribution >= 0.6 is 0 Å². The molecule has 8 nitrogen and oxygen atoms in total. The third-order valence-electron chi connectivity index (χ3n) is 6.07. The van der Waals surface area contributed by atoms with E-state index in [1.165, 1.54) is 0 Å². The summed E-state index contributed by atoms with van der Waals surface area (Å²) in [7, 11) is 0. The second-order valence-electron chi connectivity index (χ2n) is 8.27. The molecule has 0 saturated carbocycles. The Labute approximate surface area is 201 Å². The molecular formula is C27H21N7O. The molecule has 2 aromatic carbocycles. The number of nitrogens with one attached hydrogen (secondary N) is 2. The van der Waals surface area contributed by atoms with E-state index in [0.29, 0.717) is 28.7 Å². The lowest BCUT2D eigenvalue weighted by atomic mass is 9.96. The summed E-state index contributed by atoms with van der Waals surface area (Å²) in [5, 5.41) is 13.3. The molecule has 0 spiro atoms. The van der Waals surface area contributed by atoms with Crippen LogP contribution in [0.5, 0.6) is 0 Å². The molecule has 170 valence electrons. The molecule has 4 heterocycles. The fourth-order valence-electron chi connectivity index (χ4n) is 4.47. The van der Waals surface area contributed by atoms with Crippen molar-refractivity contribution >= 4 is 28.3 Å². The number of carbonyl (C=O) groups is 1. The molecule has 0 aliphatic carbocycles. The van der Waals surface area contributed by atoms with E-state index in [2.05, 4.69) is 38.8 Å². The first-order valence-electron chi connectivity index (χ1n) is 11.2. The van der Waals surface area contributed by atoms with Crippen molar-refractivity contribution in [3.05, 3.63) is 108 Å². The Balaban J connectivity index is 1.47. The molecule has 8 heteroatoms. The first kappa shape index (κ1) is 20.7. The van der Waals surface area contributed by atoms with Gasteiger partial charge in [0.2, 0.25) is 5.95 Å². The van der Waals surface area contributed by atoms with Crippen molar-refractivity contribution in [2.45, 2.75) is 13.0 Å². The molecule has 1 aliphatic heterocycles. The number of rotatable bonds is 4. The maximum absolute atomic E-state index is 13.5. The van der Waals surface area contributed by atoms with E-state index in [-0.39, 0.29) is 5.91 Å². The molecule has 0 fully saturated rings. The number of hydrogen-bond acceptors (Lipinski definition) is 6. The zero-order valence-corrected chi connectivity index (χ0v) is 18.9. The molecule has 1 unspecified atom stereocenters. The summed E-state index contributed by atoms with van der Waals surface area (Å²) < 4.78 is 1.78. The van der Waals surface area contributed by atoms with Crippen LogP contribution in [0.2, 0.25) is 0 Å². The lowest BCUT2D eigenvalue weighted by molar-refractivity contribution is -0.113. The molecule has 1 amide bonds. The zero-order chi connectivity index (χ0) is 23.8. The lowest BCUT2D eigenvalue weighted by Crippen LogP contribution is -2.31. The fraction of sp³-hybridized carbons (Fsp3) is 0.0741. The highest BCUT2D eigenvalue weighted by Gasteiger charge is 2.34. The van der Waals surface area contributed by atoms with Crippen molar-refractivity contribution in [2.75, 3.05) is 10.6 Å². The number of nitrogens with zero attached hydrogens (tertiary/aromatic N) is 5. The summed E-state index contributed by atoms with van der Waals surface area (Å²) in [6, 6.07) is 21.1. The number of amides is 1. The first-order valence-corrected chi connectivity index (χ1v) is 11.2. The molecular weight excluding hydrogens is 438 g/mol. The molecule has 2 N–H and O–H groups in total. The largest absolute Gasteiger partial charge is 0.328 e. The predicted molar refractivity (Wildman–Crippen MR) is 135 cm³/mol. The quantitative estimate of drug-likeness (QED) is 0.400. The van der Waals surface area contributed by atoms with Gasteiger partial charge in [0.1, 0.15) is 6.04 Å². The van der Waals surface area contributed by atoms with Gasteiger partial charge in [0, 0.05) is 29.9 Å². The van der Waals surface area contributed by atoms with Crippen LogP contribution in [-0.2, 0) is 4.79 Å². The van der Waals surface area contributed by atoms with E-state index in [0.717, 1.165) is 21.9 Å². The number of fused-ring (bicyclic) bond motifs is 2. The van der Waals surface area contributed by atoms with Crippen molar-refractivity contribution in [3.63, 3.8) is 0 Å². The summed E-state index contributed by atoms with van der Waals surface area (Å²) in [5.74, 6) is 0.924. The third kappa shape index (κ3) is 3.71. The van der Waals surface area contributed by atoms with Gasteiger partial charge < -0.3 is 10.6 Å². The molecule has 0 saturated heterocycles. The van der Waals surface area contributed by atoms with Crippen LogP contribution < -0.4 is 10.6 Å². The standard InChI is InChI=1S/C27H21N7O/c1-17-23(26(35)31-20-8-5-13-29-16-20)24(19-11-14-28-15-12-19)34-27(30-17)32-25(33-34)22-10-4-7-18-6-2-3-9-21(18)22/h2-16,24H,1H3,(H,31,35)(H,30,32,33). The van der Waals surface area contributed by atoms with Crippen molar-refractivity contribution in [2.24, 2.45) is 0 Å². The summed E-state index contributed by atoms with van der Waals surface area (Å²) in [6.45, 7) is 1.88. The highest BCUT2D eigenvalue weighted by molar-refractivity contribution is 6.06. The van der Waals surface area contributed by atoms with E-state index in [1.54, 1.807) is 41.6 Å². The highest BCUT2D eigenvalue weighted by Crippen LogP contribution is 2.37. The first-order chi connectivity index (χ1) is 17.2. The average Bonchev–Trinajstić information content (AvgIpc) is 3.32. The van der Waals surface area contributed by atoms with Gasteiger partial charge in [-0.05, 0) is 47.5 Å². The average molecular weight is 460 g/mol. The summed E-state index contributed by atoms with van der Waals surface area (Å²) in [5.41, 5.74) is 3.68. The van der Waals surface area contributed by atoms with Gasteiger partial charge in [-0.15, -0.1) is 5.10 Å². The Bertz CT molecular complexity index is 1570. The van der Waals surface area contributed by atoms with E-state index >= 15 is 0 Å². The van der Waals surface area contributed by atoms with E-state index in [9.17, 15) is 4.79 Å². The Kier molecular flexibility index (Phi) is 5.03. The van der Waals surface area contributed by atoms with Crippen molar-refractivity contribution < 1.29 is 4.79 Å². The monoisotopic (exact) mass is 459 g/mol. The Morgan fingerprint density at radius 2 is 1.77 bits per heavy atom. The van der Waals surface area contributed by atoms with Gasteiger partial charge in [0.25, 0.3) is 5.91 Å². The lowest BCUT2D eigenvalue weighted by Gasteiger charge is -2.28. The third-order valence-corrected chi connectivity index (χ3v) is 6.07. The molecule has 0 bridgehead atoms. The predicted octanol–water partition coefficient (Wildman–Crippen LogP) is 4.82.